The van der Waals surface area contributed by atoms with Gasteiger partial charge in [-0.2, -0.15) is 11.8 Å². The number of ether oxygens (including phenoxy) is 1. The number of likely N-dealkylation sites (N-methyl/N-ethyl adjacent to an activating group) is 1. The summed E-state index contributed by atoms with van der Waals surface area (Å²) in [5.41, 5.74) is 5.87. The number of nitrogens with zero attached hydrogens (tertiary/aromatic N) is 1. The molecule has 1 saturated heterocycles. The number of carbonyl (C=O) groups excluding carboxylic acids is 1. The topological polar surface area (TPSA) is 55.6 Å². The molecule has 1 aliphatic heterocycles. The summed E-state index contributed by atoms with van der Waals surface area (Å²) >= 11 is 1.72. The fourth-order valence-corrected chi connectivity index (χ4v) is 2.51. The van der Waals surface area contributed by atoms with Crippen LogP contribution in [0.5, 0.6) is 0 Å². The van der Waals surface area contributed by atoms with E-state index in [1.807, 2.05) is 20.2 Å². The van der Waals surface area contributed by atoms with Crippen LogP contribution in [0, 0.1) is 0 Å². The van der Waals surface area contributed by atoms with Crippen molar-refractivity contribution in [2.45, 2.75) is 38.0 Å². The van der Waals surface area contributed by atoms with Gasteiger partial charge >= 0.3 is 0 Å². The zero-order chi connectivity index (χ0) is 12.1. The van der Waals surface area contributed by atoms with E-state index in [-0.39, 0.29) is 24.1 Å². The minimum atomic E-state index is -0.370. The smallest absolute Gasteiger partial charge is 0.239 e. The Hall–Kier alpha value is -0.260. The number of hydrogen-bond donors (Lipinski definition) is 1. The summed E-state index contributed by atoms with van der Waals surface area (Å²) in [6.45, 7) is 2.75. The number of nitrogens with two attached hydrogens (primary N) is 1. The Morgan fingerprint density at radius 3 is 2.88 bits per heavy atom. The second kappa shape index (κ2) is 6.47. The number of amides is 1. The number of rotatable bonds is 5. The van der Waals surface area contributed by atoms with E-state index in [1.54, 1.807) is 16.7 Å². The van der Waals surface area contributed by atoms with Crippen molar-refractivity contribution in [3.63, 3.8) is 0 Å². The molecule has 16 heavy (non-hydrogen) atoms. The molecule has 4 nitrogen and oxygen atoms in total. The standard InChI is InChI=1S/C11H22N2O2S/c1-8-10(4-6-15-8)13(2)11(14)9(12)5-7-16-3/h8-10H,4-7,12H2,1-3H3/t8?,9-,10?/m0/s1. The predicted molar refractivity (Wildman–Crippen MR) is 67.6 cm³/mol. The van der Waals surface area contributed by atoms with E-state index < -0.39 is 0 Å². The van der Waals surface area contributed by atoms with Gasteiger partial charge in [-0.25, -0.2) is 0 Å². The Labute approximate surface area is 102 Å². The maximum atomic E-state index is 12.0. The third-order valence-corrected chi connectivity index (χ3v) is 3.78. The molecule has 0 aliphatic carbocycles. The second-order valence-electron chi connectivity index (χ2n) is 4.27. The van der Waals surface area contributed by atoms with Crippen LogP contribution in [0.1, 0.15) is 19.8 Å². The molecule has 3 atom stereocenters. The first-order valence-electron chi connectivity index (χ1n) is 5.70. The number of carbonyl (C=O) groups is 1. The van der Waals surface area contributed by atoms with Gasteiger partial charge in [0.2, 0.25) is 5.91 Å². The van der Waals surface area contributed by atoms with E-state index in [9.17, 15) is 4.79 Å². The van der Waals surface area contributed by atoms with Crippen molar-refractivity contribution >= 4 is 17.7 Å². The predicted octanol–water partition coefficient (Wildman–Crippen LogP) is 0.703. The van der Waals surface area contributed by atoms with Gasteiger partial charge in [-0.15, -0.1) is 0 Å². The van der Waals surface area contributed by atoms with E-state index in [4.69, 9.17) is 10.5 Å². The molecule has 0 saturated carbocycles. The molecule has 0 aromatic heterocycles. The Morgan fingerprint density at radius 2 is 2.38 bits per heavy atom. The van der Waals surface area contributed by atoms with E-state index >= 15 is 0 Å². The lowest BCUT2D eigenvalue weighted by Crippen LogP contribution is -2.48. The first-order chi connectivity index (χ1) is 7.57. The maximum Gasteiger partial charge on any atom is 0.239 e. The van der Waals surface area contributed by atoms with E-state index in [0.717, 1.165) is 25.2 Å². The molecular formula is C11H22N2O2S. The number of hydrogen-bond acceptors (Lipinski definition) is 4. The first kappa shape index (κ1) is 13.8. The molecule has 0 radical (unpaired) electrons. The van der Waals surface area contributed by atoms with Gasteiger partial charge in [-0.05, 0) is 31.8 Å². The van der Waals surface area contributed by atoms with Crippen LogP contribution in [0.15, 0.2) is 0 Å². The zero-order valence-electron chi connectivity index (χ0n) is 10.3. The average Bonchev–Trinajstić information content (AvgIpc) is 2.70. The summed E-state index contributed by atoms with van der Waals surface area (Å²) in [6, 6.07) is -0.182. The Balaban J connectivity index is 2.45. The summed E-state index contributed by atoms with van der Waals surface area (Å²) < 4.78 is 5.46. The van der Waals surface area contributed by atoms with Crippen molar-refractivity contribution in [2.24, 2.45) is 5.73 Å². The highest BCUT2D eigenvalue weighted by Gasteiger charge is 2.32. The van der Waals surface area contributed by atoms with Crippen molar-refractivity contribution < 1.29 is 9.53 Å². The molecular weight excluding hydrogens is 224 g/mol. The minimum Gasteiger partial charge on any atom is -0.376 e. The third-order valence-electron chi connectivity index (χ3n) is 3.13. The lowest BCUT2D eigenvalue weighted by atomic mass is 10.1. The van der Waals surface area contributed by atoms with Crippen LogP contribution in [0.4, 0.5) is 0 Å². The van der Waals surface area contributed by atoms with Crippen LogP contribution < -0.4 is 5.73 Å². The van der Waals surface area contributed by atoms with E-state index in [0.29, 0.717) is 0 Å². The van der Waals surface area contributed by atoms with Crippen LogP contribution in [-0.4, -0.2) is 54.7 Å². The Morgan fingerprint density at radius 1 is 1.69 bits per heavy atom. The summed E-state index contributed by atoms with van der Waals surface area (Å²) in [6.07, 6.45) is 3.81. The van der Waals surface area contributed by atoms with Crippen molar-refractivity contribution in [3.8, 4) is 0 Å². The highest BCUT2D eigenvalue weighted by molar-refractivity contribution is 7.98. The largest absolute Gasteiger partial charge is 0.376 e. The fourth-order valence-electron chi connectivity index (χ4n) is 2.02. The van der Waals surface area contributed by atoms with Crippen LogP contribution in [-0.2, 0) is 9.53 Å². The molecule has 0 bridgehead atoms. The van der Waals surface area contributed by atoms with Gasteiger partial charge < -0.3 is 15.4 Å². The van der Waals surface area contributed by atoms with Crippen LogP contribution >= 0.6 is 11.8 Å². The summed E-state index contributed by atoms with van der Waals surface area (Å²) in [7, 11) is 1.83. The van der Waals surface area contributed by atoms with Gasteiger partial charge in [-0.1, -0.05) is 0 Å². The third kappa shape index (κ3) is 3.37. The molecule has 2 N–H and O–H groups in total. The van der Waals surface area contributed by atoms with Crippen molar-refractivity contribution in [1.82, 2.24) is 4.90 Å². The number of thioether (sulfide) groups is 1. The van der Waals surface area contributed by atoms with Crippen LogP contribution in [0.2, 0.25) is 0 Å². The van der Waals surface area contributed by atoms with Gasteiger partial charge in [0.1, 0.15) is 0 Å². The molecule has 0 spiro atoms. The molecule has 1 aliphatic rings. The SMILES string of the molecule is CSCC[C@H](N)C(=O)N(C)C1CCOC1C. The van der Waals surface area contributed by atoms with Gasteiger partial charge in [0.05, 0.1) is 18.2 Å². The summed E-state index contributed by atoms with van der Waals surface area (Å²) in [4.78, 5) is 13.8. The van der Waals surface area contributed by atoms with Crippen molar-refractivity contribution in [1.29, 1.82) is 0 Å². The molecule has 0 aromatic rings. The highest BCUT2D eigenvalue weighted by Crippen LogP contribution is 2.19. The zero-order valence-corrected chi connectivity index (χ0v) is 11.1. The molecule has 1 amide bonds. The quantitative estimate of drug-likeness (QED) is 0.776. The van der Waals surface area contributed by atoms with Gasteiger partial charge in [0, 0.05) is 13.7 Å². The maximum absolute atomic E-state index is 12.0. The van der Waals surface area contributed by atoms with Crippen LogP contribution in [0.3, 0.4) is 0 Å². The van der Waals surface area contributed by atoms with E-state index in [2.05, 4.69) is 0 Å². The molecule has 94 valence electrons. The summed E-state index contributed by atoms with van der Waals surface area (Å²) in [5.74, 6) is 0.966. The van der Waals surface area contributed by atoms with Gasteiger partial charge in [-0.3, -0.25) is 4.79 Å². The lowest BCUT2D eigenvalue weighted by Gasteiger charge is -2.29. The first-order valence-corrected chi connectivity index (χ1v) is 7.10. The molecule has 2 unspecified atom stereocenters. The summed E-state index contributed by atoms with van der Waals surface area (Å²) in [5, 5.41) is 0. The second-order valence-corrected chi connectivity index (χ2v) is 5.25. The molecule has 0 aromatic carbocycles. The monoisotopic (exact) mass is 246 g/mol. The minimum absolute atomic E-state index is 0.0383. The fraction of sp³-hybridized carbons (Fsp3) is 0.909. The Kier molecular flexibility index (Phi) is 5.58. The lowest BCUT2D eigenvalue weighted by molar-refractivity contribution is -0.134. The molecule has 1 rings (SSSR count). The van der Waals surface area contributed by atoms with Gasteiger partial charge in [0.25, 0.3) is 0 Å². The van der Waals surface area contributed by atoms with Crippen molar-refractivity contribution in [3.05, 3.63) is 0 Å². The van der Waals surface area contributed by atoms with E-state index in [1.165, 1.54) is 0 Å². The molecule has 1 fully saturated rings. The molecule has 5 heteroatoms. The van der Waals surface area contributed by atoms with Gasteiger partial charge in [0.15, 0.2) is 0 Å². The van der Waals surface area contributed by atoms with Crippen LogP contribution in [0.25, 0.3) is 0 Å². The average molecular weight is 246 g/mol. The van der Waals surface area contributed by atoms with Crippen molar-refractivity contribution in [2.75, 3.05) is 25.7 Å². The highest BCUT2D eigenvalue weighted by atomic mass is 32.2. The Bertz CT molecular complexity index is 238. The molecule has 1 heterocycles. The normalized spacial score (nSPS) is 26.8.